The molecule has 172 valence electrons. The first-order chi connectivity index (χ1) is 13.6. The highest BCUT2D eigenvalue weighted by molar-refractivity contribution is 5.69. The van der Waals surface area contributed by atoms with E-state index in [0.29, 0.717) is 37.9 Å². The first kappa shape index (κ1) is 27.9. The minimum Gasteiger partial charge on any atom is -0.463 e. The van der Waals surface area contributed by atoms with Crippen LogP contribution in [0.25, 0.3) is 0 Å². The van der Waals surface area contributed by atoms with Crippen molar-refractivity contribution in [3.8, 4) is 0 Å². The molecule has 6 heteroatoms. The van der Waals surface area contributed by atoms with Crippen LogP contribution in [-0.4, -0.2) is 50.1 Å². The summed E-state index contributed by atoms with van der Waals surface area (Å²) >= 11 is 0. The Labute approximate surface area is 178 Å². The molecule has 6 nitrogen and oxygen atoms in total. The third-order valence-electron chi connectivity index (χ3n) is 4.37. The van der Waals surface area contributed by atoms with E-state index in [2.05, 4.69) is 27.7 Å². The van der Waals surface area contributed by atoms with E-state index in [1.54, 1.807) is 0 Å². The smallest absolute Gasteiger partial charge is 0.306 e. The molecule has 0 aromatic carbocycles. The Bertz CT molecular complexity index is 435. The van der Waals surface area contributed by atoms with E-state index in [0.717, 1.165) is 25.7 Å². The lowest BCUT2D eigenvalue weighted by Gasteiger charge is -2.20. The molecular formula is C23H44O6. The van der Waals surface area contributed by atoms with Crippen LogP contribution in [0.15, 0.2) is 0 Å². The first-order valence-electron chi connectivity index (χ1n) is 11.2. The fraction of sp³-hybridized carbons (Fsp3) is 0.913. The van der Waals surface area contributed by atoms with E-state index in [-0.39, 0.29) is 36.9 Å². The minimum atomic E-state index is -0.284. The van der Waals surface area contributed by atoms with Crippen LogP contribution in [0, 0.1) is 11.8 Å². The average molecular weight is 417 g/mol. The summed E-state index contributed by atoms with van der Waals surface area (Å²) in [7, 11) is 0. The van der Waals surface area contributed by atoms with Crippen LogP contribution in [0.2, 0.25) is 0 Å². The molecular weight excluding hydrogens is 372 g/mol. The van der Waals surface area contributed by atoms with Crippen molar-refractivity contribution in [2.75, 3.05) is 19.8 Å². The molecule has 0 aromatic rings. The van der Waals surface area contributed by atoms with Crippen LogP contribution in [0.5, 0.6) is 0 Å². The van der Waals surface area contributed by atoms with Crippen LogP contribution < -0.4 is 0 Å². The number of esters is 2. The Balaban J connectivity index is 3.79. The largest absolute Gasteiger partial charge is 0.463 e. The maximum atomic E-state index is 11.8. The highest BCUT2D eigenvalue weighted by Gasteiger charge is 2.14. The summed E-state index contributed by atoms with van der Waals surface area (Å²) in [4.78, 5) is 23.5. The van der Waals surface area contributed by atoms with Gasteiger partial charge in [0.05, 0.1) is 25.4 Å². The predicted molar refractivity (Wildman–Crippen MR) is 115 cm³/mol. The number of carbonyl (C=O) groups excluding carboxylic acids is 2. The van der Waals surface area contributed by atoms with E-state index in [1.807, 2.05) is 20.8 Å². The molecule has 0 rings (SSSR count). The molecule has 0 aliphatic rings. The van der Waals surface area contributed by atoms with Gasteiger partial charge in [0.2, 0.25) is 0 Å². The van der Waals surface area contributed by atoms with Crippen molar-refractivity contribution in [2.45, 2.75) is 105 Å². The van der Waals surface area contributed by atoms with Crippen LogP contribution in [0.3, 0.4) is 0 Å². The zero-order valence-electron chi connectivity index (χ0n) is 19.7. The normalized spacial score (nSPS) is 14.7. The highest BCUT2D eigenvalue weighted by atomic mass is 16.6. The van der Waals surface area contributed by atoms with Gasteiger partial charge in [0.25, 0.3) is 0 Å². The number of ether oxygens (including phenoxy) is 4. The molecule has 0 heterocycles. The third-order valence-corrected chi connectivity index (χ3v) is 4.37. The Hall–Kier alpha value is -1.14. The molecule has 0 bridgehead atoms. The van der Waals surface area contributed by atoms with Gasteiger partial charge in [-0.2, -0.15) is 0 Å². The van der Waals surface area contributed by atoms with Gasteiger partial charge in [-0.25, -0.2) is 0 Å². The molecule has 3 unspecified atom stereocenters. The quantitative estimate of drug-likeness (QED) is 0.313. The van der Waals surface area contributed by atoms with Crippen molar-refractivity contribution in [1.29, 1.82) is 0 Å². The Morgan fingerprint density at radius 3 is 1.59 bits per heavy atom. The summed E-state index contributed by atoms with van der Waals surface area (Å²) in [5.74, 6) is 0.853. The molecule has 29 heavy (non-hydrogen) atoms. The van der Waals surface area contributed by atoms with Crippen molar-refractivity contribution < 1.29 is 28.5 Å². The zero-order valence-corrected chi connectivity index (χ0v) is 19.7. The topological polar surface area (TPSA) is 71.1 Å². The monoisotopic (exact) mass is 416 g/mol. The summed E-state index contributed by atoms with van der Waals surface area (Å²) in [6.45, 7) is 15.1. The summed E-state index contributed by atoms with van der Waals surface area (Å²) in [5, 5.41) is 0. The second kappa shape index (κ2) is 16.6. The molecule has 0 spiro atoms. The van der Waals surface area contributed by atoms with Crippen molar-refractivity contribution in [2.24, 2.45) is 11.8 Å². The molecule has 0 aliphatic carbocycles. The van der Waals surface area contributed by atoms with Crippen molar-refractivity contribution >= 4 is 11.9 Å². The van der Waals surface area contributed by atoms with Gasteiger partial charge in [-0.1, -0.05) is 40.5 Å². The van der Waals surface area contributed by atoms with Crippen LogP contribution in [-0.2, 0) is 28.5 Å². The van der Waals surface area contributed by atoms with Gasteiger partial charge in [0.15, 0.2) is 0 Å². The van der Waals surface area contributed by atoms with Gasteiger partial charge < -0.3 is 18.9 Å². The lowest BCUT2D eigenvalue weighted by molar-refractivity contribution is -0.154. The van der Waals surface area contributed by atoms with Gasteiger partial charge in [0, 0.05) is 12.8 Å². The van der Waals surface area contributed by atoms with Gasteiger partial charge in [-0.3, -0.25) is 9.59 Å². The molecule has 0 saturated heterocycles. The molecule has 0 fully saturated rings. The number of rotatable bonds is 17. The summed E-state index contributed by atoms with van der Waals surface area (Å²) in [6, 6.07) is 0. The van der Waals surface area contributed by atoms with Crippen LogP contribution >= 0.6 is 0 Å². The maximum absolute atomic E-state index is 11.8. The zero-order chi connectivity index (χ0) is 22.2. The third kappa shape index (κ3) is 18.6. The molecule has 0 N–H and O–H groups in total. The molecule has 0 saturated carbocycles. The fourth-order valence-corrected chi connectivity index (χ4v) is 2.60. The van der Waals surface area contributed by atoms with Gasteiger partial charge in [-0.05, 0) is 45.4 Å². The average Bonchev–Trinajstić information content (AvgIpc) is 2.62. The fourth-order valence-electron chi connectivity index (χ4n) is 2.60. The van der Waals surface area contributed by atoms with E-state index in [4.69, 9.17) is 18.9 Å². The Morgan fingerprint density at radius 2 is 1.07 bits per heavy atom. The first-order valence-corrected chi connectivity index (χ1v) is 11.2. The van der Waals surface area contributed by atoms with E-state index < -0.39 is 0 Å². The van der Waals surface area contributed by atoms with E-state index in [1.165, 1.54) is 0 Å². The molecule has 0 amide bonds. The second-order valence-electron chi connectivity index (χ2n) is 8.84. The Morgan fingerprint density at radius 1 is 0.621 bits per heavy atom. The predicted octanol–water partition coefficient (Wildman–Crippen LogP) is 4.92. The van der Waals surface area contributed by atoms with E-state index >= 15 is 0 Å². The highest BCUT2D eigenvalue weighted by Crippen LogP contribution is 2.09. The SMILES string of the molecule is CC(C)CCCC(=O)OCC(C)OCC(C)OCC(C)OC(=O)CCCC(C)C. The standard InChI is InChI=1S/C23H44O6/c1-17(2)10-8-12-22(24)28-15-20(6)26-14-19(5)27-16-21(7)29-23(25)13-9-11-18(3)4/h17-21H,8-16H2,1-7H3. The molecule has 0 aromatic heterocycles. The Kier molecular flexibility index (Phi) is 16.0. The van der Waals surface area contributed by atoms with Gasteiger partial charge in [-0.15, -0.1) is 0 Å². The molecule has 3 atom stereocenters. The number of hydrogen-bond acceptors (Lipinski definition) is 6. The molecule has 0 radical (unpaired) electrons. The lowest BCUT2D eigenvalue weighted by Crippen LogP contribution is -2.28. The number of hydrogen-bond donors (Lipinski definition) is 0. The molecule has 0 aliphatic heterocycles. The van der Waals surface area contributed by atoms with Gasteiger partial charge >= 0.3 is 11.9 Å². The van der Waals surface area contributed by atoms with Gasteiger partial charge in [0.1, 0.15) is 12.7 Å². The summed E-state index contributed by atoms with van der Waals surface area (Å²) in [5.41, 5.74) is 0. The maximum Gasteiger partial charge on any atom is 0.306 e. The summed E-state index contributed by atoms with van der Waals surface area (Å²) < 4.78 is 22.0. The van der Waals surface area contributed by atoms with Crippen LogP contribution in [0.4, 0.5) is 0 Å². The van der Waals surface area contributed by atoms with Crippen LogP contribution in [0.1, 0.15) is 87.0 Å². The van der Waals surface area contributed by atoms with Crippen molar-refractivity contribution in [3.05, 3.63) is 0 Å². The second-order valence-corrected chi connectivity index (χ2v) is 8.84. The minimum absolute atomic E-state index is 0.138. The van der Waals surface area contributed by atoms with Crippen molar-refractivity contribution in [1.82, 2.24) is 0 Å². The number of carbonyl (C=O) groups is 2. The van der Waals surface area contributed by atoms with E-state index in [9.17, 15) is 9.59 Å². The lowest BCUT2D eigenvalue weighted by atomic mass is 10.1. The van der Waals surface area contributed by atoms with Crippen molar-refractivity contribution in [3.63, 3.8) is 0 Å². The summed E-state index contributed by atoms with van der Waals surface area (Å²) in [6.07, 6.45) is 4.07.